The number of ether oxygens (including phenoxy) is 1. The summed E-state index contributed by atoms with van der Waals surface area (Å²) in [6, 6.07) is 0. The van der Waals surface area contributed by atoms with E-state index in [9.17, 15) is 4.79 Å². The average molecular weight is 315 g/mol. The Bertz CT molecular complexity index is 241. The summed E-state index contributed by atoms with van der Waals surface area (Å²) in [5, 5.41) is 8.82. The lowest BCUT2D eigenvalue weighted by atomic mass is 10.0. The minimum Gasteiger partial charge on any atom is -0.481 e. The molecule has 1 N–H and O–H groups in total. The van der Waals surface area contributed by atoms with Crippen molar-refractivity contribution >= 4 is 5.97 Å². The highest BCUT2D eigenvalue weighted by molar-refractivity contribution is 5.67. The summed E-state index contributed by atoms with van der Waals surface area (Å²) in [4.78, 5) is 10.7. The van der Waals surface area contributed by atoms with Crippen molar-refractivity contribution in [3.63, 3.8) is 0 Å². The lowest BCUT2D eigenvalue weighted by Crippen LogP contribution is -2.17. The van der Waals surface area contributed by atoms with Crippen molar-refractivity contribution in [3.05, 3.63) is 0 Å². The molecule has 0 aliphatic rings. The van der Waals surface area contributed by atoms with E-state index in [-0.39, 0.29) is 12.5 Å². The normalized spacial score (nSPS) is 12.5. The molecule has 0 aromatic carbocycles. The molecular formula is C19H38O3. The Morgan fingerprint density at radius 3 is 1.68 bits per heavy atom. The van der Waals surface area contributed by atoms with E-state index in [0.29, 0.717) is 6.61 Å². The quantitative estimate of drug-likeness (QED) is 0.337. The molecule has 0 bridgehead atoms. The Morgan fingerprint density at radius 1 is 0.818 bits per heavy atom. The first-order valence-corrected chi connectivity index (χ1v) is 9.54. The number of hydrogen-bond donors (Lipinski definition) is 1. The maximum Gasteiger partial charge on any atom is 0.305 e. The summed E-state index contributed by atoms with van der Waals surface area (Å²) in [7, 11) is 0. The molecule has 0 rings (SSSR count). The van der Waals surface area contributed by atoms with Crippen LogP contribution in [-0.4, -0.2) is 23.8 Å². The molecule has 0 amide bonds. The maximum atomic E-state index is 10.7. The first-order chi connectivity index (χ1) is 10.7. The van der Waals surface area contributed by atoms with Crippen molar-refractivity contribution in [2.24, 2.45) is 0 Å². The SMILES string of the molecule is CCCCCCCCCCCCCCC(CC(=O)O)OCC. The van der Waals surface area contributed by atoms with Gasteiger partial charge in [0.15, 0.2) is 0 Å². The molecule has 1 unspecified atom stereocenters. The van der Waals surface area contributed by atoms with E-state index in [2.05, 4.69) is 6.92 Å². The molecule has 22 heavy (non-hydrogen) atoms. The summed E-state index contributed by atoms with van der Waals surface area (Å²) >= 11 is 0. The fraction of sp³-hybridized carbons (Fsp3) is 0.947. The van der Waals surface area contributed by atoms with Crippen LogP contribution in [0.5, 0.6) is 0 Å². The zero-order valence-corrected chi connectivity index (χ0v) is 14.9. The molecule has 0 fully saturated rings. The third-order valence-corrected chi connectivity index (χ3v) is 4.18. The highest BCUT2D eigenvalue weighted by Crippen LogP contribution is 2.14. The van der Waals surface area contributed by atoms with Gasteiger partial charge in [-0.25, -0.2) is 0 Å². The third-order valence-electron chi connectivity index (χ3n) is 4.18. The van der Waals surface area contributed by atoms with Crippen LogP contribution in [0.3, 0.4) is 0 Å². The number of aliphatic carboxylic acids is 1. The second kappa shape index (κ2) is 16.8. The van der Waals surface area contributed by atoms with Crippen molar-refractivity contribution < 1.29 is 14.6 Å². The predicted molar refractivity (Wildman–Crippen MR) is 93.4 cm³/mol. The molecule has 3 nitrogen and oxygen atoms in total. The third kappa shape index (κ3) is 15.8. The zero-order chi connectivity index (χ0) is 16.5. The van der Waals surface area contributed by atoms with Gasteiger partial charge >= 0.3 is 5.97 Å². The second-order valence-corrected chi connectivity index (χ2v) is 6.35. The largest absolute Gasteiger partial charge is 0.481 e. The average Bonchev–Trinajstić information content (AvgIpc) is 2.48. The van der Waals surface area contributed by atoms with E-state index in [4.69, 9.17) is 9.84 Å². The number of unbranched alkanes of at least 4 members (excludes halogenated alkanes) is 11. The van der Waals surface area contributed by atoms with Gasteiger partial charge in [-0.15, -0.1) is 0 Å². The Hall–Kier alpha value is -0.570. The first kappa shape index (κ1) is 21.4. The molecule has 0 heterocycles. The summed E-state index contributed by atoms with van der Waals surface area (Å²) in [6.45, 7) is 4.80. The minimum atomic E-state index is -0.752. The molecular weight excluding hydrogens is 276 g/mol. The topological polar surface area (TPSA) is 46.5 Å². The first-order valence-electron chi connectivity index (χ1n) is 9.54. The van der Waals surface area contributed by atoms with Crippen LogP contribution in [0.25, 0.3) is 0 Å². The van der Waals surface area contributed by atoms with Gasteiger partial charge in [0.1, 0.15) is 0 Å². The Morgan fingerprint density at radius 2 is 1.27 bits per heavy atom. The monoisotopic (exact) mass is 314 g/mol. The van der Waals surface area contributed by atoms with Gasteiger partial charge in [0, 0.05) is 6.61 Å². The van der Waals surface area contributed by atoms with E-state index < -0.39 is 5.97 Å². The Kier molecular flexibility index (Phi) is 16.4. The van der Waals surface area contributed by atoms with Gasteiger partial charge in [-0.3, -0.25) is 4.79 Å². The number of rotatable bonds is 17. The predicted octanol–water partition coefficient (Wildman–Crippen LogP) is 5.96. The molecule has 3 heteroatoms. The molecule has 0 saturated carbocycles. The lowest BCUT2D eigenvalue weighted by molar-refractivity contribution is -0.140. The van der Waals surface area contributed by atoms with E-state index in [0.717, 1.165) is 12.8 Å². The van der Waals surface area contributed by atoms with Crippen molar-refractivity contribution in [2.45, 2.75) is 110 Å². The van der Waals surface area contributed by atoms with Gasteiger partial charge in [-0.2, -0.15) is 0 Å². The summed E-state index contributed by atoms with van der Waals surface area (Å²) in [5.74, 6) is -0.752. The second-order valence-electron chi connectivity index (χ2n) is 6.35. The molecule has 0 aliphatic heterocycles. The van der Waals surface area contributed by atoms with Gasteiger partial charge in [0.25, 0.3) is 0 Å². The molecule has 0 saturated heterocycles. The molecule has 1 atom stereocenters. The van der Waals surface area contributed by atoms with Crippen LogP contribution in [0.15, 0.2) is 0 Å². The number of hydrogen-bond acceptors (Lipinski definition) is 2. The van der Waals surface area contributed by atoms with Crippen molar-refractivity contribution in [3.8, 4) is 0 Å². The van der Waals surface area contributed by atoms with Crippen LogP contribution < -0.4 is 0 Å². The smallest absolute Gasteiger partial charge is 0.305 e. The van der Waals surface area contributed by atoms with Crippen LogP contribution in [0.2, 0.25) is 0 Å². The van der Waals surface area contributed by atoms with E-state index in [1.807, 2.05) is 6.92 Å². The number of carboxylic acids is 1. The molecule has 0 radical (unpaired) electrons. The minimum absolute atomic E-state index is 0.0920. The van der Waals surface area contributed by atoms with Crippen LogP contribution in [-0.2, 0) is 9.53 Å². The molecule has 0 aliphatic carbocycles. The Labute approximate surface area is 137 Å². The van der Waals surface area contributed by atoms with Crippen LogP contribution in [0, 0.1) is 0 Å². The summed E-state index contributed by atoms with van der Waals surface area (Å²) in [6.07, 6.45) is 16.9. The molecule has 0 aromatic heterocycles. The van der Waals surface area contributed by atoms with Crippen LogP contribution in [0.4, 0.5) is 0 Å². The van der Waals surface area contributed by atoms with E-state index in [1.54, 1.807) is 0 Å². The van der Waals surface area contributed by atoms with Gasteiger partial charge in [-0.05, 0) is 13.3 Å². The van der Waals surface area contributed by atoms with Crippen LogP contribution in [0.1, 0.15) is 104 Å². The van der Waals surface area contributed by atoms with E-state index in [1.165, 1.54) is 70.6 Å². The zero-order valence-electron chi connectivity index (χ0n) is 14.9. The van der Waals surface area contributed by atoms with Gasteiger partial charge in [0.05, 0.1) is 12.5 Å². The highest BCUT2D eigenvalue weighted by Gasteiger charge is 2.12. The molecule has 0 aromatic rings. The van der Waals surface area contributed by atoms with Gasteiger partial charge < -0.3 is 9.84 Å². The highest BCUT2D eigenvalue weighted by atomic mass is 16.5. The van der Waals surface area contributed by atoms with Gasteiger partial charge in [0.2, 0.25) is 0 Å². The number of carboxylic acid groups (broad SMARTS) is 1. The van der Waals surface area contributed by atoms with Crippen molar-refractivity contribution in [2.75, 3.05) is 6.61 Å². The summed E-state index contributed by atoms with van der Waals surface area (Å²) in [5.41, 5.74) is 0. The standard InChI is InChI=1S/C19H38O3/c1-3-5-6-7-8-9-10-11-12-13-14-15-16-18(22-4-2)17-19(20)21/h18H,3-17H2,1-2H3,(H,20,21). The van der Waals surface area contributed by atoms with Gasteiger partial charge in [-0.1, -0.05) is 84.0 Å². The van der Waals surface area contributed by atoms with E-state index >= 15 is 0 Å². The Balaban J connectivity index is 3.29. The summed E-state index contributed by atoms with van der Waals surface area (Å²) < 4.78 is 5.47. The van der Waals surface area contributed by atoms with Crippen molar-refractivity contribution in [1.82, 2.24) is 0 Å². The molecule has 132 valence electrons. The fourth-order valence-electron chi connectivity index (χ4n) is 2.89. The number of carbonyl (C=O) groups is 1. The lowest BCUT2D eigenvalue weighted by Gasteiger charge is -2.14. The van der Waals surface area contributed by atoms with Crippen LogP contribution >= 0.6 is 0 Å². The molecule has 0 spiro atoms. The fourth-order valence-corrected chi connectivity index (χ4v) is 2.89. The van der Waals surface area contributed by atoms with Crippen molar-refractivity contribution in [1.29, 1.82) is 0 Å². The maximum absolute atomic E-state index is 10.7.